The van der Waals surface area contributed by atoms with Crippen molar-refractivity contribution in [3.8, 4) is 5.75 Å². The smallest absolute Gasteiger partial charge is 0.344 e. The number of aromatic nitrogens is 1. The van der Waals surface area contributed by atoms with Crippen molar-refractivity contribution in [1.29, 1.82) is 0 Å². The Morgan fingerprint density at radius 3 is 2.47 bits per heavy atom. The first kappa shape index (κ1) is 21.8. The number of esters is 1. The van der Waals surface area contributed by atoms with Crippen molar-refractivity contribution in [2.45, 2.75) is 27.7 Å². The Morgan fingerprint density at radius 1 is 1.20 bits per heavy atom. The number of aryl methyl sites for hydroxylation is 1. The molecule has 7 heteroatoms. The second-order valence-electron chi connectivity index (χ2n) is 6.78. The minimum Gasteiger partial charge on any atom is -0.506 e. The lowest BCUT2D eigenvalue weighted by atomic mass is 10.2. The molecule has 0 bridgehead atoms. The van der Waals surface area contributed by atoms with Gasteiger partial charge in [0.1, 0.15) is 22.1 Å². The third kappa shape index (κ3) is 4.46. The number of nitrogens with zero attached hydrogens (tertiary/aromatic N) is 2. The number of benzene rings is 1. The van der Waals surface area contributed by atoms with Crippen LogP contribution in [0.4, 0.5) is 5.69 Å². The summed E-state index contributed by atoms with van der Waals surface area (Å²) in [5.41, 5.74) is 3.91. The number of ether oxygens (including phenoxy) is 2. The highest BCUT2D eigenvalue weighted by Crippen LogP contribution is 2.40. The summed E-state index contributed by atoms with van der Waals surface area (Å²) in [6.07, 6.45) is 1.88. The molecule has 1 N–H and O–H groups in total. The van der Waals surface area contributed by atoms with Crippen LogP contribution in [0.5, 0.6) is 5.75 Å². The number of rotatable bonds is 6. The fourth-order valence-corrected chi connectivity index (χ4v) is 4.09. The Balaban J connectivity index is 2.01. The SMILES string of the molecule is CCOC(=O)C1=C(O)/C(=C/c2cc(C)n(C)c2C)SC1=Nc1ccc(OCC)cc1. The van der Waals surface area contributed by atoms with Crippen molar-refractivity contribution in [3.05, 3.63) is 63.5 Å². The van der Waals surface area contributed by atoms with E-state index in [-0.39, 0.29) is 17.9 Å². The summed E-state index contributed by atoms with van der Waals surface area (Å²) in [6, 6.07) is 9.31. The van der Waals surface area contributed by atoms with Gasteiger partial charge in [0.05, 0.1) is 23.8 Å². The van der Waals surface area contributed by atoms with Gasteiger partial charge in [0.2, 0.25) is 0 Å². The molecule has 1 aliphatic heterocycles. The number of hydrogen-bond acceptors (Lipinski definition) is 6. The van der Waals surface area contributed by atoms with Gasteiger partial charge in [0, 0.05) is 18.4 Å². The predicted octanol–water partition coefficient (Wildman–Crippen LogP) is 5.23. The van der Waals surface area contributed by atoms with Crippen molar-refractivity contribution in [2.24, 2.45) is 12.0 Å². The summed E-state index contributed by atoms with van der Waals surface area (Å²) >= 11 is 1.25. The van der Waals surface area contributed by atoms with Crippen molar-refractivity contribution in [3.63, 3.8) is 0 Å². The summed E-state index contributed by atoms with van der Waals surface area (Å²) in [4.78, 5) is 17.7. The second-order valence-corrected chi connectivity index (χ2v) is 7.81. The average molecular weight is 427 g/mol. The fourth-order valence-electron chi connectivity index (χ4n) is 3.06. The zero-order chi connectivity index (χ0) is 21.8. The first-order valence-corrected chi connectivity index (χ1v) is 10.6. The Labute approximate surface area is 180 Å². The molecule has 30 heavy (non-hydrogen) atoms. The maximum Gasteiger partial charge on any atom is 0.344 e. The molecule has 3 rings (SSSR count). The van der Waals surface area contributed by atoms with Gasteiger partial charge in [0.25, 0.3) is 0 Å². The van der Waals surface area contributed by atoms with E-state index in [9.17, 15) is 9.90 Å². The molecular weight excluding hydrogens is 400 g/mol. The molecular formula is C23H26N2O4S. The largest absolute Gasteiger partial charge is 0.506 e. The van der Waals surface area contributed by atoms with Gasteiger partial charge < -0.3 is 19.1 Å². The molecule has 1 aromatic carbocycles. The number of aliphatic imine (C=N–C) groups is 1. The van der Waals surface area contributed by atoms with Gasteiger partial charge in [-0.05, 0) is 69.7 Å². The van der Waals surface area contributed by atoms with Gasteiger partial charge in [-0.2, -0.15) is 0 Å². The molecule has 0 saturated heterocycles. The molecule has 6 nitrogen and oxygen atoms in total. The standard InChI is InChI=1S/C23H26N2O4S/c1-6-28-18-10-8-17(9-11-18)24-22-20(23(27)29-7-2)21(26)19(30-22)13-16-12-14(3)25(5)15(16)4/h8-13,26H,6-7H2,1-5H3/b19-13-,24-22?. The number of aliphatic hydroxyl groups is 1. The first-order valence-electron chi connectivity index (χ1n) is 9.80. The highest BCUT2D eigenvalue weighted by Gasteiger charge is 2.33. The topological polar surface area (TPSA) is 73.0 Å². The molecule has 0 spiro atoms. The van der Waals surface area contributed by atoms with Crippen LogP contribution in [-0.4, -0.2) is 33.9 Å². The van der Waals surface area contributed by atoms with Gasteiger partial charge in [0.15, 0.2) is 0 Å². The summed E-state index contributed by atoms with van der Waals surface area (Å²) in [6.45, 7) is 8.49. The zero-order valence-corrected chi connectivity index (χ0v) is 18.7. The van der Waals surface area contributed by atoms with Gasteiger partial charge in [-0.25, -0.2) is 9.79 Å². The maximum atomic E-state index is 12.5. The van der Waals surface area contributed by atoms with E-state index in [0.717, 1.165) is 22.7 Å². The van der Waals surface area contributed by atoms with Gasteiger partial charge >= 0.3 is 5.97 Å². The predicted molar refractivity (Wildman–Crippen MR) is 121 cm³/mol. The van der Waals surface area contributed by atoms with Crippen LogP contribution < -0.4 is 4.74 Å². The van der Waals surface area contributed by atoms with Crippen LogP contribution in [0.25, 0.3) is 6.08 Å². The highest BCUT2D eigenvalue weighted by atomic mass is 32.2. The van der Waals surface area contributed by atoms with Crippen LogP contribution in [-0.2, 0) is 16.6 Å². The van der Waals surface area contributed by atoms with Crippen LogP contribution in [0.15, 0.2) is 51.6 Å². The molecule has 158 valence electrons. The quantitative estimate of drug-likeness (QED) is 0.640. The van der Waals surface area contributed by atoms with E-state index in [1.165, 1.54) is 11.8 Å². The van der Waals surface area contributed by atoms with Gasteiger partial charge in [-0.3, -0.25) is 0 Å². The van der Waals surface area contributed by atoms with Gasteiger partial charge in [-0.1, -0.05) is 11.8 Å². The molecule has 0 unspecified atom stereocenters. The number of thioether (sulfide) groups is 1. The molecule has 2 aromatic rings. The van der Waals surface area contributed by atoms with E-state index in [0.29, 0.717) is 22.2 Å². The van der Waals surface area contributed by atoms with Crippen LogP contribution in [0.3, 0.4) is 0 Å². The Bertz CT molecular complexity index is 1050. The van der Waals surface area contributed by atoms with Crippen molar-refractivity contribution in [2.75, 3.05) is 13.2 Å². The molecule has 0 radical (unpaired) electrons. The number of hydrogen-bond donors (Lipinski definition) is 1. The normalized spacial score (nSPS) is 16.6. The van der Waals surface area contributed by atoms with Crippen LogP contribution in [0, 0.1) is 13.8 Å². The van der Waals surface area contributed by atoms with Crippen LogP contribution >= 0.6 is 11.8 Å². The first-order chi connectivity index (χ1) is 14.3. The second kappa shape index (κ2) is 9.26. The summed E-state index contributed by atoms with van der Waals surface area (Å²) < 4.78 is 12.7. The van der Waals surface area contributed by atoms with E-state index in [2.05, 4.69) is 9.56 Å². The molecule has 1 aromatic heterocycles. The Morgan fingerprint density at radius 2 is 1.90 bits per heavy atom. The molecule has 0 aliphatic carbocycles. The molecule has 0 saturated carbocycles. The van der Waals surface area contributed by atoms with E-state index < -0.39 is 5.97 Å². The lowest BCUT2D eigenvalue weighted by Crippen LogP contribution is -2.12. The number of carbonyl (C=O) groups excluding carboxylic acids is 1. The summed E-state index contributed by atoms with van der Waals surface area (Å²) in [5.74, 6) is 0.0561. The molecule has 1 aliphatic rings. The third-order valence-corrected chi connectivity index (χ3v) is 5.87. The lowest BCUT2D eigenvalue weighted by Gasteiger charge is -2.05. The zero-order valence-electron chi connectivity index (χ0n) is 17.9. The highest BCUT2D eigenvalue weighted by molar-refractivity contribution is 8.18. The van der Waals surface area contributed by atoms with Crippen molar-refractivity contribution in [1.82, 2.24) is 4.57 Å². The van der Waals surface area contributed by atoms with Gasteiger partial charge in [-0.15, -0.1) is 0 Å². The van der Waals surface area contributed by atoms with Crippen LogP contribution in [0.2, 0.25) is 0 Å². The molecule has 0 fully saturated rings. The Kier molecular flexibility index (Phi) is 6.72. The average Bonchev–Trinajstić information content (AvgIpc) is 3.14. The van der Waals surface area contributed by atoms with E-state index in [1.54, 1.807) is 6.92 Å². The molecule has 0 atom stereocenters. The van der Waals surface area contributed by atoms with E-state index in [1.807, 2.05) is 64.2 Å². The number of carbonyl (C=O) groups is 1. The maximum absolute atomic E-state index is 12.5. The van der Waals surface area contributed by atoms with Crippen molar-refractivity contribution >= 4 is 34.5 Å². The lowest BCUT2D eigenvalue weighted by molar-refractivity contribution is -0.138. The Hall–Kier alpha value is -2.93. The minimum absolute atomic E-state index is 0.0901. The third-order valence-electron chi connectivity index (χ3n) is 4.85. The summed E-state index contributed by atoms with van der Waals surface area (Å²) in [5, 5.41) is 11.2. The number of aliphatic hydroxyl groups excluding tert-OH is 1. The monoisotopic (exact) mass is 426 g/mol. The molecule has 2 heterocycles. The van der Waals surface area contributed by atoms with Crippen LogP contribution in [0.1, 0.15) is 30.8 Å². The van der Waals surface area contributed by atoms with E-state index in [4.69, 9.17) is 9.47 Å². The fraction of sp³-hybridized carbons (Fsp3) is 0.304. The minimum atomic E-state index is -0.587. The van der Waals surface area contributed by atoms with Crippen molar-refractivity contribution < 1.29 is 19.4 Å². The molecule has 0 amide bonds. The summed E-state index contributed by atoms with van der Waals surface area (Å²) in [7, 11) is 1.99. The van der Waals surface area contributed by atoms with E-state index >= 15 is 0 Å².